The maximum atomic E-state index is 12.6. The van der Waals surface area contributed by atoms with Gasteiger partial charge in [-0.2, -0.15) is 0 Å². The minimum absolute atomic E-state index is 0.0927. The van der Waals surface area contributed by atoms with Crippen molar-refractivity contribution in [1.29, 1.82) is 5.41 Å². The summed E-state index contributed by atoms with van der Waals surface area (Å²) in [5.41, 5.74) is 1.97. The largest absolute Gasteiger partial charge is 0.493 e. The van der Waals surface area contributed by atoms with E-state index in [1.165, 1.54) is 5.56 Å². The van der Waals surface area contributed by atoms with Gasteiger partial charge in [0.15, 0.2) is 0 Å². The van der Waals surface area contributed by atoms with Crippen LogP contribution in [0.2, 0.25) is 0 Å². The molecular weight excluding hydrogens is 558 g/mol. The van der Waals surface area contributed by atoms with Crippen molar-refractivity contribution in [3.05, 3.63) is 65.2 Å². The Bertz CT molecular complexity index is 1340. The summed E-state index contributed by atoms with van der Waals surface area (Å²) in [7, 11) is 0. The molecule has 0 aromatic heterocycles. The molecule has 4 rings (SSSR count). The van der Waals surface area contributed by atoms with Gasteiger partial charge in [0.05, 0.1) is 6.61 Å². The van der Waals surface area contributed by atoms with Gasteiger partial charge in [-0.3, -0.25) is 10.7 Å². The number of ether oxygens (including phenoxy) is 3. The summed E-state index contributed by atoms with van der Waals surface area (Å²) in [5, 5.41) is 11.2. The molecule has 44 heavy (non-hydrogen) atoms. The van der Waals surface area contributed by atoms with Gasteiger partial charge in [0.2, 0.25) is 5.96 Å². The number of guanidine groups is 1. The first-order valence-electron chi connectivity index (χ1n) is 15.4. The van der Waals surface area contributed by atoms with Crippen LogP contribution in [0, 0.1) is 11.3 Å². The van der Waals surface area contributed by atoms with Gasteiger partial charge in [-0.25, -0.2) is 9.59 Å². The molecule has 0 atom stereocenters. The monoisotopic (exact) mass is 605 g/mol. The molecule has 2 aliphatic heterocycles. The van der Waals surface area contributed by atoms with Crippen LogP contribution in [0.25, 0.3) is 0 Å². The van der Waals surface area contributed by atoms with Crippen molar-refractivity contribution in [2.75, 3.05) is 26.2 Å². The van der Waals surface area contributed by atoms with Gasteiger partial charge < -0.3 is 24.0 Å². The molecule has 2 aromatic carbocycles. The number of likely N-dealkylation sites (tertiary alicyclic amines) is 1. The summed E-state index contributed by atoms with van der Waals surface area (Å²) in [6.07, 6.45) is 1.86. The Labute approximate surface area is 261 Å². The van der Waals surface area contributed by atoms with Crippen LogP contribution >= 0.6 is 0 Å². The van der Waals surface area contributed by atoms with Crippen molar-refractivity contribution in [2.45, 2.75) is 85.0 Å². The normalized spacial score (nSPS) is 16.2. The highest BCUT2D eigenvalue weighted by atomic mass is 16.6. The molecule has 238 valence electrons. The van der Waals surface area contributed by atoms with E-state index in [2.05, 4.69) is 33.4 Å². The Kier molecular flexibility index (Phi) is 10.5. The van der Waals surface area contributed by atoms with Crippen LogP contribution in [0.1, 0.15) is 71.1 Å². The first-order chi connectivity index (χ1) is 20.7. The van der Waals surface area contributed by atoms with E-state index in [-0.39, 0.29) is 5.96 Å². The third kappa shape index (κ3) is 10.3. The van der Waals surface area contributed by atoms with Crippen LogP contribution in [0.4, 0.5) is 9.59 Å². The van der Waals surface area contributed by atoms with E-state index < -0.39 is 23.4 Å². The second-order valence-electron chi connectivity index (χ2n) is 13.5. The van der Waals surface area contributed by atoms with Crippen LogP contribution in [-0.4, -0.2) is 71.2 Å². The van der Waals surface area contributed by atoms with Crippen LogP contribution in [0.3, 0.4) is 0 Å². The average molecular weight is 606 g/mol. The molecule has 2 aliphatic rings. The van der Waals surface area contributed by atoms with Crippen LogP contribution in [0.15, 0.2) is 53.5 Å². The third-order valence-electron chi connectivity index (χ3n) is 7.39. The fraction of sp³-hybridized carbons (Fsp3) is 0.529. The number of alkyl carbamates (subject to hydrolysis) is 1. The summed E-state index contributed by atoms with van der Waals surface area (Å²) in [4.78, 5) is 33.4. The molecule has 0 saturated carbocycles. The molecule has 1 fully saturated rings. The van der Waals surface area contributed by atoms with Crippen LogP contribution in [-0.2, 0) is 28.9 Å². The van der Waals surface area contributed by atoms with E-state index in [0.717, 1.165) is 42.8 Å². The average Bonchev–Trinajstić information content (AvgIpc) is 2.94. The minimum Gasteiger partial charge on any atom is -0.493 e. The fourth-order valence-electron chi connectivity index (χ4n) is 5.23. The van der Waals surface area contributed by atoms with E-state index in [1.54, 1.807) is 41.5 Å². The van der Waals surface area contributed by atoms with Crippen LogP contribution in [0.5, 0.6) is 5.75 Å². The first-order valence-corrected chi connectivity index (χ1v) is 15.4. The molecule has 10 heteroatoms. The number of nitrogens with one attached hydrogen (secondary N) is 2. The van der Waals surface area contributed by atoms with Crippen molar-refractivity contribution in [3.63, 3.8) is 0 Å². The Morgan fingerprint density at radius 2 is 1.59 bits per heavy atom. The van der Waals surface area contributed by atoms with Gasteiger partial charge >= 0.3 is 12.2 Å². The number of aliphatic imine (C=N–C) groups is 1. The lowest BCUT2D eigenvalue weighted by Crippen LogP contribution is -2.48. The van der Waals surface area contributed by atoms with E-state index >= 15 is 0 Å². The third-order valence-corrected chi connectivity index (χ3v) is 7.39. The Hall–Kier alpha value is -4.08. The number of carbonyl (C=O) groups is 2. The molecule has 0 spiro atoms. The molecule has 2 N–H and O–H groups in total. The zero-order valence-corrected chi connectivity index (χ0v) is 26.9. The van der Waals surface area contributed by atoms with Crippen molar-refractivity contribution in [3.8, 4) is 5.75 Å². The molecule has 10 nitrogen and oxygen atoms in total. The fourth-order valence-corrected chi connectivity index (χ4v) is 5.23. The smallest absolute Gasteiger partial charge is 0.437 e. The predicted octanol–water partition coefficient (Wildman–Crippen LogP) is 6.17. The summed E-state index contributed by atoms with van der Waals surface area (Å²) in [6, 6.07) is 16.3. The molecule has 1 saturated heterocycles. The molecule has 0 aliphatic carbocycles. The number of piperidine rings is 1. The standard InChI is InChI=1S/C34H47N5O5/c1-33(2,3)43-31(40)36-30(37-32(41)44-34(4,5)6)39-19-16-26-12-13-28(21-27(26)22-39)42-23-25-14-17-38(18-15-25)29(35)20-24-10-8-7-9-11-24/h7-13,21,25,35H,14-20,22-23H2,1-6H3,(H,36,37,40,41). The highest BCUT2D eigenvalue weighted by Crippen LogP contribution is 2.26. The quantitative estimate of drug-likeness (QED) is 0.309. The second-order valence-corrected chi connectivity index (χ2v) is 13.5. The molecule has 0 unspecified atom stereocenters. The highest BCUT2D eigenvalue weighted by Gasteiger charge is 2.27. The SMILES string of the molecule is CC(C)(C)OC(=O)N=C(NC(=O)OC(C)(C)C)N1CCc2ccc(OCC3CCN(C(=N)Cc4ccccc4)CC3)cc2C1. The number of nitrogens with zero attached hydrogens (tertiary/aromatic N) is 3. The van der Waals surface area contributed by atoms with Crippen LogP contribution < -0.4 is 10.1 Å². The summed E-state index contributed by atoms with van der Waals surface area (Å²) < 4.78 is 17.1. The van der Waals surface area contributed by atoms with Crippen molar-refractivity contribution >= 4 is 24.0 Å². The maximum Gasteiger partial charge on any atom is 0.437 e. The highest BCUT2D eigenvalue weighted by molar-refractivity contribution is 5.99. The van der Waals surface area contributed by atoms with Crippen molar-refractivity contribution < 1.29 is 23.8 Å². The first kappa shape index (κ1) is 32.8. The van der Waals surface area contributed by atoms with E-state index in [0.29, 0.717) is 44.3 Å². The number of fused-ring (bicyclic) bond motifs is 1. The van der Waals surface area contributed by atoms with Gasteiger partial charge in [-0.1, -0.05) is 36.4 Å². The van der Waals surface area contributed by atoms with Gasteiger partial charge in [0, 0.05) is 32.6 Å². The number of amidine groups is 1. The molecule has 2 amide bonds. The van der Waals surface area contributed by atoms with Gasteiger partial charge in [-0.05, 0) is 95.5 Å². The molecule has 2 heterocycles. The minimum atomic E-state index is -0.785. The number of rotatable bonds is 5. The number of benzene rings is 2. The lowest BCUT2D eigenvalue weighted by atomic mass is 9.97. The van der Waals surface area contributed by atoms with E-state index in [1.807, 2.05) is 35.2 Å². The Morgan fingerprint density at radius 3 is 2.25 bits per heavy atom. The lowest BCUT2D eigenvalue weighted by Gasteiger charge is -2.34. The summed E-state index contributed by atoms with van der Waals surface area (Å²) in [5.74, 6) is 1.98. The number of hydrogen-bond donors (Lipinski definition) is 2. The maximum absolute atomic E-state index is 12.6. The number of carbonyl (C=O) groups excluding carboxylic acids is 2. The van der Waals surface area contributed by atoms with Gasteiger partial charge in [-0.15, -0.1) is 4.99 Å². The second kappa shape index (κ2) is 14.1. The molecule has 2 aromatic rings. The lowest BCUT2D eigenvalue weighted by molar-refractivity contribution is 0.0553. The van der Waals surface area contributed by atoms with Crippen molar-refractivity contribution in [1.82, 2.24) is 15.1 Å². The van der Waals surface area contributed by atoms with Gasteiger partial charge in [0.1, 0.15) is 22.8 Å². The Morgan fingerprint density at radius 1 is 0.909 bits per heavy atom. The number of amides is 2. The van der Waals surface area contributed by atoms with E-state index in [9.17, 15) is 9.59 Å². The zero-order valence-electron chi connectivity index (χ0n) is 26.9. The molecular formula is C34H47N5O5. The van der Waals surface area contributed by atoms with E-state index in [4.69, 9.17) is 19.6 Å². The number of hydrogen-bond acceptors (Lipinski definition) is 6. The zero-order chi connectivity index (χ0) is 31.9. The topological polar surface area (TPSA) is 117 Å². The summed E-state index contributed by atoms with van der Waals surface area (Å²) in [6.45, 7) is 14.0. The summed E-state index contributed by atoms with van der Waals surface area (Å²) >= 11 is 0. The molecule has 0 radical (unpaired) electrons. The van der Waals surface area contributed by atoms with Gasteiger partial charge in [0.25, 0.3) is 0 Å². The van der Waals surface area contributed by atoms with Crippen molar-refractivity contribution in [2.24, 2.45) is 10.9 Å². The Balaban J connectivity index is 1.35. The molecule has 0 bridgehead atoms. The predicted molar refractivity (Wildman–Crippen MR) is 171 cm³/mol.